The summed E-state index contributed by atoms with van der Waals surface area (Å²) < 4.78 is 10.5. The van der Waals surface area contributed by atoms with E-state index in [4.69, 9.17) is 4.74 Å². The van der Waals surface area contributed by atoms with Crippen LogP contribution in [-0.4, -0.2) is 38.8 Å². The van der Waals surface area contributed by atoms with Gasteiger partial charge in [0.15, 0.2) is 0 Å². The van der Waals surface area contributed by atoms with E-state index < -0.39 is 8.07 Å². The molecule has 27 heavy (non-hydrogen) atoms. The highest BCUT2D eigenvalue weighted by Crippen LogP contribution is 2.26. The Morgan fingerprint density at radius 1 is 1.11 bits per heavy atom. The molecule has 4 heterocycles. The summed E-state index contributed by atoms with van der Waals surface area (Å²) in [6, 6.07) is 5.27. The topological polar surface area (TPSA) is 57.2 Å². The Morgan fingerprint density at radius 2 is 1.96 bits per heavy atom. The summed E-state index contributed by atoms with van der Waals surface area (Å²) in [6.45, 7) is 8.32. The monoisotopic (exact) mass is 443 g/mol. The minimum Gasteiger partial charge on any atom is -0.360 e. The second-order valence-electron chi connectivity index (χ2n) is 7.86. The summed E-state index contributed by atoms with van der Waals surface area (Å²) in [7, 11) is -1.06. The Hall–Kier alpha value is -2.03. The Kier molecular flexibility index (Phi) is 4.87. The number of ether oxygens (including phenoxy) is 1. The van der Waals surface area contributed by atoms with Crippen LogP contribution in [0.4, 0.5) is 0 Å². The van der Waals surface area contributed by atoms with Gasteiger partial charge < -0.3 is 4.74 Å². The van der Waals surface area contributed by atoms with Gasteiger partial charge in [0.1, 0.15) is 17.0 Å². The van der Waals surface area contributed by atoms with Crippen molar-refractivity contribution >= 4 is 40.6 Å². The fourth-order valence-electron chi connectivity index (χ4n) is 2.89. The van der Waals surface area contributed by atoms with Gasteiger partial charge in [0, 0.05) is 49.8 Å². The van der Waals surface area contributed by atoms with Crippen molar-refractivity contribution in [1.82, 2.24) is 24.1 Å². The van der Waals surface area contributed by atoms with Crippen LogP contribution in [0.3, 0.4) is 0 Å². The molecule has 0 saturated carbocycles. The van der Waals surface area contributed by atoms with Gasteiger partial charge in [0.25, 0.3) is 0 Å². The van der Waals surface area contributed by atoms with Crippen LogP contribution < -0.4 is 0 Å². The molecule has 0 unspecified atom stereocenters. The lowest BCUT2D eigenvalue weighted by atomic mass is 10.1. The second kappa shape index (κ2) is 7.18. The number of pyridine rings is 2. The van der Waals surface area contributed by atoms with Crippen LogP contribution in [0, 0.1) is 0 Å². The van der Waals surface area contributed by atoms with Gasteiger partial charge >= 0.3 is 0 Å². The van der Waals surface area contributed by atoms with Gasteiger partial charge in [-0.1, -0.05) is 19.6 Å². The molecule has 0 fully saturated rings. The first kappa shape index (κ1) is 18.3. The molecule has 6 nitrogen and oxygen atoms in total. The largest absolute Gasteiger partial charge is 0.360 e. The zero-order chi connectivity index (χ0) is 19.0. The van der Waals surface area contributed by atoms with E-state index in [1.54, 1.807) is 6.20 Å². The Labute approximate surface area is 167 Å². The number of fused-ring (bicyclic) bond motifs is 3. The number of aromatic nitrogens is 5. The molecule has 0 atom stereocenters. The van der Waals surface area contributed by atoms with Crippen LogP contribution in [0.15, 0.2) is 47.7 Å². The van der Waals surface area contributed by atoms with Crippen LogP contribution in [0.1, 0.15) is 0 Å². The fourth-order valence-corrected chi connectivity index (χ4v) is 4.04. The van der Waals surface area contributed by atoms with Crippen LogP contribution in [-0.2, 0) is 11.5 Å². The maximum Gasteiger partial charge on any atom is 0.147 e. The number of rotatable bonds is 6. The van der Waals surface area contributed by atoms with Crippen molar-refractivity contribution in [3.8, 4) is 11.1 Å². The summed E-state index contributed by atoms with van der Waals surface area (Å²) >= 11 is 3.52. The zero-order valence-electron chi connectivity index (χ0n) is 15.7. The quantitative estimate of drug-likeness (QED) is 0.316. The summed E-state index contributed by atoms with van der Waals surface area (Å²) in [5.74, 6) is 0. The molecule has 0 aliphatic rings. The third-order valence-electron chi connectivity index (χ3n) is 4.48. The van der Waals surface area contributed by atoms with E-state index in [0.717, 1.165) is 44.9 Å². The lowest BCUT2D eigenvalue weighted by Crippen LogP contribution is -2.22. The molecule has 0 aliphatic carbocycles. The SMILES string of the molecule is C[Si](C)(C)CCOCn1cc(-c2cnc3ccn4c(Br)cnc4c3c2)cn1. The van der Waals surface area contributed by atoms with Gasteiger partial charge in [-0.2, -0.15) is 5.10 Å². The molecule has 4 aromatic heterocycles. The van der Waals surface area contributed by atoms with Gasteiger partial charge in [-0.15, -0.1) is 0 Å². The van der Waals surface area contributed by atoms with Crippen LogP contribution >= 0.6 is 15.9 Å². The standard InChI is InChI=1S/C19H22BrN5OSi/c1-27(2,3)7-6-26-13-24-12-15(10-23-24)14-8-16-17(21-9-14)4-5-25-18(20)11-22-19(16)25/h4-5,8-12H,6-7,13H2,1-3H3. The van der Waals surface area contributed by atoms with Crippen LogP contribution in [0.25, 0.3) is 27.7 Å². The molecule has 0 spiro atoms. The summed E-state index contributed by atoms with van der Waals surface area (Å²) in [5, 5.41) is 5.43. The minimum atomic E-state index is -1.06. The number of halogens is 1. The van der Waals surface area contributed by atoms with E-state index in [0.29, 0.717) is 6.73 Å². The molecular formula is C19H22BrN5OSi. The fraction of sp³-hybridized carbons (Fsp3) is 0.316. The molecule has 0 N–H and O–H groups in total. The Bertz CT molecular complexity index is 1100. The van der Waals surface area contributed by atoms with Crippen molar-refractivity contribution in [1.29, 1.82) is 0 Å². The van der Waals surface area contributed by atoms with E-state index >= 15 is 0 Å². The lowest BCUT2D eigenvalue weighted by molar-refractivity contribution is 0.0786. The van der Waals surface area contributed by atoms with Gasteiger partial charge in [0.2, 0.25) is 0 Å². The second-order valence-corrected chi connectivity index (χ2v) is 14.3. The van der Waals surface area contributed by atoms with E-state index in [2.05, 4.69) is 56.7 Å². The molecule has 8 heteroatoms. The van der Waals surface area contributed by atoms with Crippen molar-refractivity contribution in [3.63, 3.8) is 0 Å². The van der Waals surface area contributed by atoms with Crippen molar-refractivity contribution in [2.24, 2.45) is 0 Å². The predicted octanol–water partition coefficient (Wildman–Crippen LogP) is 4.82. The van der Waals surface area contributed by atoms with Crippen molar-refractivity contribution in [2.45, 2.75) is 32.4 Å². The lowest BCUT2D eigenvalue weighted by Gasteiger charge is -2.15. The highest BCUT2D eigenvalue weighted by atomic mass is 79.9. The number of nitrogens with zero attached hydrogens (tertiary/aromatic N) is 5. The molecule has 0 aliphatic heterocycles. The molecule has 0 radical (unpaired) electrons. The number of hydrogen-bond donors (Lipinski definition) is 0. The Balaban J connectivity index is 1.56. The van der Waals surface area contributed by atoms with E-state index in [-0.39, 0.29) is 0 Å². The van der Waals surface area contributed by atoms with Gasteiger partial charge in [-0.05, 0) is 34.1 Å². The van der Waals surface area contributed by atoms with Crippen molar-refractivity contribution in [3.05, 3.63) is 47.7 Å². The highest BCUT2D eigenvalue weighted by molar-refractivity contribution is 9.10. The molecule has 0 saturated heterocycles. The van der Waals surface area contributed by atoms with Gasteiger partial charge in [-0.3, -0.25) is 9.38 Å². The first-order chi connectivity index (χ1) is 12.9. The van der Waals surface area contributed by atoms with Crippen LogP contribution in [0.2, 0.25) is 25.7 Å². The van der Waals surface area contributed by atoms with Crippen LogP contribution in [0.5, 0.6) is 0 Å². The molecule has 4 aromatic rings. The molecular weight excluding hydrogens is 422 g/mol. The van der Waals surface area contributed by atoms with Crippen molar-refractivity contribution in [2.75, 3.05) is 6.61 Å². The number of hydrogen-bond acceptors (Lipinski definition) is 4. The average molecular weight is 444 g/mol. The maximum absolute atomic E-state index is 5.78. The third-order valence-corrected chi connectivity index (χ3v) is 6.77. The normalized spacial score (nSPS) is 12.3. The molecule has 0 amide bonds. The minimum absolute atomic E-state index is 0.475. The van der Waals surface area contributed by atoms with Gasteiger partial charge in [0.05, 0.1) is 17.9 Å². The third kappa shape index (κ3) is 3.97. The molecule has 0 aromatic carbocycles. The summed E-state index contributed by atoms with van der Waals surface area (Å²) in [5.41, 5.74) is 3.84. The Morgan fingerprint density at radius 3 is 2.78 bits per heavy atom. The van der Waals surface area contributed by atoms with E-state index in [1.807, 2.05) is 39.9 Å². The zero-order valence-corrected chi connectivity index (χ0v) is 18.3. The summed E-state index contributed by atoms with van der Waals surface area (Å²) in [6.07, 6.45) is 9.50. The van der Waals surface area contributed by atoms with E-state index in [9.17, 15) is 0 Å². The average Bonchev–Trinajstić information content (AvgIpc) is 3.25. The molecule has 0 bridgehead atoms. The number of imidazole rings is 1. The molecule has 4 rings (SSSR count). The highest BCUT2D eigenvalue weighted by Gasteiger charge is 2.12. The first-order valence-corrected chi connectivity index (χ1v) is 13.4. The first-order valence-electron chi connectivity index (χ1n) is 8.93. The predicted molar refractivity (Wildman–Crippen MR) is 114 cm³/mol. The van der Waals surface area contributed by atoms with Crippen molar-refractivity contribution < 1.29 is 4.74 Å². The van der Waals surface area contributed by atoms with Gasteiger partial charge in [-0.25, -0.2) is 9.67 Å². The maximum atomic E-state index is 5.78. The van der Waals surface area contributed by atoms with E-state index in [1.165, 1.54) is 0 Å². The summed E-state index contributed by atoms with van der Waals surface area (Å²) in [4.78, 5) is 9.09. The molecule has 140 valence electrons. The smallest absolute Gasteiger partial charge is 0.147 e.